The summed E-state index contributed by atoms with van der Waals surface area (Å²) in [5.41, 5.74) is 3.66. The largest absolute Gasteiger partial charge is 0.497 e. The molecular weight excluding hydrogens is 416 g/mol. The van der Waals surface area contributed by atoms with Gasteiger partial charge in [0.1, 0.15) is 5.75 Å². The fraction of sp³-hybridized carbons (Fsp3) is 0.227. The lowest BCUT2D eigenvalue weighted by Crippen LogP contribution is -2.22. The number of hydrogen-bond acceptors (Lipinski definition) is 7. The van der Waals surface area contributed by atoms with E-state index in [1.807, 2.05) is 12.1 Å². The predicted molar refractivity (Wildman–Crippen MR) is 116 cm³/mol. The van der Waals surface area contributed by atoms with E-state index in [0.717, 1.165) is 22.6 Å². The Kier molecular flexibility index (Phi) is 5.71. The molecule has 0 N–H and O–H groups in total. The second-order valence-corrected chi connectivity index (χ2v) is 9.30. The lowest BCUT2D eigenvalue weighted by atomic mass is 10.1. The molecule has 0 fully saturated rings. The number of aryl methyl sites for hydroxylation is 2. The monoisotopic (exact) mass is 438 g/mol. The van der Waals surface area contributed by atoms with Crippen LogP contribution in [-0.4, -0.2) is 48.9 Å². The van der Waals surface area contributed by atoms with E-state index in [0.29, 0.717) is 30.0 Å². The lowest BCUT2D eigenvalue weighted by Gasteiger charge is -2.11. The lowest BCUT2D eigenvalue weighted by molar-refractivity contribution is 0.413. The van der Waals surface area contributed by atoms with Crippen molar-refractivity contribution in [2.75, 3.05) is 21.2 Å². The highest BCUT2D eigenvalue weighted by Crippen LogP contribution is 2.25. The molecule has 0 aliphatic rings. The molecule has 0 saturated carbocycles. The Morgan fingerprint density at radius 3 is 2.48 bits per heavy atom. The number of oxazole rings is 1. The molecule has 0 aliphatic heterocycles. The molecule has 3 aromatic heterocycles. The number of rotatable bonds is 7. The van der Waals surface area contributed by atoms with Crippen LogP contribution in [0.25, 0.3) is 22.4 Å². The average molecular weight is 439 g/mol. The first kappa shape index (κ1) is 21.0. The molecule has 4 rings (SSSR count). The van der Waals surface area contributed by atoms with Crippen LogP contribution in [0.15, 0.2) is 64.2 Å². The Balaban J connectivity index is 1.53. The average Bonchev–Trinajstić information content (AvgIpc) is 3.20. The van der Waals surface area contributed by atoms with Crippen LogP contribution in [0.2, 0.25) is 0 Å². The summed E-state index contributed by atoms with van der Waals surface area (Å²) in [4.78, 5) is 13.4. The summed E-state index contributed by atoms with van der Waals surface area (Å²) in [6.45, 7) is 0. The van der Waals surface area contributed by atoms with E-state index in [1.54, 1.807) is 49.8 Å². The molecule has 0 spiro atoms. The quantitative estimate of drug-likeness (QED) is 0.436. The molecule has 0 radical (unpaired) electrons. The fourth-order valence-corrected chi connectivity index (χ4v) is 4.02. The number of sulfonamides is 1. The van der Waals surface area contributed by atoms with Gasteiger partial charge in [0.2, 0.25) is 10.0 Å². The van der Waals surface area contributed by atoms with Gasteiger partial charge >= 0.3 is 0 Å². The van der Waals surface area contributed by atoms with Crippen LogP contribution < -0.4 is 4.74 Å². The minimum absolute atomic E-state index is 0.239. The third kappa shape index (κ3) is 4.42. The van der Waals surface area contributed by atoms with Gasteiger partial charge in [0.05, 0.1) is 12.0 Å². The topological polar surface area (TPSA) is 98.4 Å². The molecular formula is C22H22N4O4S. The van der Waals surface area contributed by atoms with Crippen molar-refractivity contribution in [3.63, 3.8) is 0 Å². The first-order valence-electron chi connectivity index (χ1n) is 9.64. The zero-order valence-electron chi connectivity index (χ0n) is 17.4. The maximum atomic E-state index is 12.2. The molecule has 8 nitrogen and oxygen atoms in total. The van der Waals surface area contributed by atoms with Crippen LogP contribution in [0.5, 0.6) is 5.75 Å². The van der Waals surface area contributed by atoms with Crippen LogP contribution in [0.3, 0.4) is 0 Å². The number of benzene rings is 1. The zero-order valence-corrected chi connectivity index (χ0v) is 18.3. The fourth-order valence-electron chi connectivity index (χ4n) is 3.11. The number of aromatic nitrogens is 3. The van der Waals surface area contributed by atoms with Crippen LogP contribution in [-0.2, 0) is 22.9 Å². The Hall–Kier alpha value is -3.30. The van der Waals surface area contributed by atoms with Crippen molar-refractivity contribution in [2.24, 2.45) is 0 Å². The van der Waals surface area contributed by atoms with Gasteiger partial charge in [-0.1, -0.05) is 12.1 Å². The summed E-state index contributed by atoms with van der Waals surface area (Å²) < 4.78 is 36.8. The number of methoxy groups -OCH3 is 1. The summed E-state index contributed by atoms with van der Waals surface area (Å²) in [7, 11) is 1.17. The van der Waals surface area contributed by atoms with E-state index in [1.165, 1.54) is 18.4 Å². The molecule has 0 aliphatic carbocycles. The molecule has 3 heterocycles. The van der Waals surface area contributed by atoms with Crippen molar-refractivity contribution in [3.05, 3.63) is 66.4 Å². The van der Waals surface area contributed by atoms with E-state index >= 15 is 0 Å². The SMILES string of the molecule is COc1ccnc(CCc2nc3ncc(-c4ccc(S(=O)(=O)N(C)C)cc4)cc3o2)c1. The van der Waals surface area contributed by atoms with Gasteiger partial charge in [-0.05, 0) is 36.2 Å². The van der Waals surface area contributed by atoms with E-state index in [9.17, 15) is 8.42 Å². The minimum atomic E-state index is -3.46. The summed E-state index contributed by atoms with van der Waals surface area (Å²) in [5.74, 6) is 1.34. The van der Waals surface area contributed by atoms with Crippen molar-refractivity contribution >= 4 is 21.3 Å². The van der Waals surface area contributed by atoms with Gasteiger partial charge in [-0.3, -0.25) is 4.98 Å². The predicted octanol–water partition coefficient (Wildman–Crippen LogP) is 3.33. The first-order chi connectivity index (χ1) is 14.9. The standard InChI is InChI=1S/C22H22N4O4S/c1-26(2)31(27,28)19-7-4-15(5-8-19)16-12-20-22(24-14-16)25-21(30-20)9-6-17-13-18(29-3)10-11-23-17/h4-5,7-8,10-14H,6,9H2,1-3H3. The summed E-state index contributed by atoms with van der Waals surface area (Å²) in [5, 5.41) is 0. The van der Waals surface area contributed by atoms with Crippen molar-refractivity contribution in [2.45, 2.75) is 17.7 Å². The van der Waals surface area contributed by atoms with Gasteiger partial charge in [0.25, 0.3) is 0 Å². The summed E-state index contributed by atoms with van der Waals surface area (Å²) in [6.07, 6.45) is 4.67. The highest BCUT2D eigenvalue weighted by atomic mass is 32.2. The van der Waals surface area contributed by atoms with E-state index in [2.05, 4.69) is 15.0 Å². The first-order valence-corrected chi connectivity index (χ1v) is 11.1. The molecule has 31 heavy (non-hydrogen) atoms. The summed E-state index contributed by atoms with van der Waals surface area (Å²) in [6, 6.07) is 12.2. The molecule has 1 aromatic carbocycles. The van der Waals surface area contributed by atoms with E-state index in [4.69, 9.17) is 9.15 Å². The molecule has 0 amide bonds. The number of nitrogens with zero attached hydrogens (tertiary/aromatic N) is 4. The smallest absolute Gasteiger partial charge is 0.242 e. The molecule has 0 atom stereocenters. The van der Waals surface area contributed by atoms with E-state index in [-0.39, 0.29) is 4.90 Å². The van der Waals surface area contributed by atoms with Gasteiger partial charge in [0, 0.05) is 50.2 Å². The zero-order chi connectivity index (χ0) is 22.0. The summed E-state index contributed by atoms with van der Waals surface area (Å²) >= 11 is 0. The van der Waals surface area contributed by atoms with Gasteiger partial charge in [-0.25, -0.2) is 17.7 Å². The number of hydrogen-bond donors (Lipinski definition) is 0. The van der Waals surface area contributed by atoms with Crippen molar-refractivity contribution in [3.8, 4) is 16.9 Å². The normalized spacial score (nSPS) is 11.9. The molecule has 0 bridgehead atoms. The van der Waals surface area contributed by atoms with Crippen LogP contribution >= 0.6 is 0 Å². The van der Waals surface area contributed by atoms with Gasteiger partial charge in [-0.15, -0.1) is 0 Å². The van der Waals surface area contributed by atoms with Crippen molar-refractivity contribution in [1.82, 2.24) is 19.3 Å². The van der Waals surface area contributed by atoms with Crippen LogP contribution in [0.1, 0.15) is 11.6 Å². The Bertz CT molecular complexity index is 1320. The van der Waals surface area contributed by atoms with Gasteiger partial charge in [-0.2, -0.15) is 4.98 Å². The Morgan fingerprint density at radius 1 is 1.00 bits per heavy atom. The molecule has 4 aromatic rings. The molecule has 160 valence electrons. The van der Waals surface area contributed by atoms with Gasteiger partial charge in [0.15, 0.2) is 17.1 Å². The molecule has 0 saturated heterocycles. The second kappa shape index (κ2) is 8.44. The number of ether oxygens (including phenoxy) is 1. The third-order valence-electron chi connectivity index (χ3n) is 4.88. The number of fused-ring (bicyclic) bond motifs is 1. The van der Waals surface area contributed by atoms with Crippen molar-refractivity contribution in [1.29, 1.82) is 0 Å². The minimum Gasteiger partial charge on any atom is -0.497 e. The number of pyridine rings is 2. The Morgan fingerprint density at radius 2 is 1.77 bits per heavy atom. The van der Waals surface area contributed by atoms with Crippen LogP contribution in [0, 0.1) is 0 Å². The molecule has 9 heteroatoms. The second-order valence-electron chi connectivity index (χ2n) is 7.15. The Labute approximate surface area is 180 Å². The molecule has 0 unspecified atom stereocenters. The van der Waals surface area contributed by atoms with E-state index < -0.39 is 10.0 Å². The maximum absolute atomic E-state index is 12.2. The third-order valence-corrected chi connectivity index (χ3v) is 6.71. The highest BCUT2D eigenvalue weighted by Gasteiger charge is 2.17. The van der Waals surface area contributed by atoms with Gasteiger partial charge < -0.3 is 9.15 Å². The van der Waals surface area contributed by atoms with Crippen LogP contribution in [0.4, 0.5) is 0 Å². The highest BCUT2D eigenvalue weighted by molar-refractivity contribution is 7.89. The maximum Gasteiger partial charge on any atom is 0.242 e. The van der Waals surface area contributed by atoms with Crippen molar-refractivity contribution < 1.29 is 17.6 Å².